The van der Waals surface area contributed by atoms with Crippen LogP contribution in [0.4, 0.5) is 0 Å². The molecule has 0 radical (unpaired) electrons. The van der Waals surface area contributed by atoms with Crippen LogP contribution in [-0.4, -0.2) is 540 Å². The van der Waals surface area contributed by atoms with Crippen LogP contribution >= 0.6 is 0 Å². The zero-order valence-electron chi connectivity index (χ0n) is 70.6. The Morgan fingerprint density at radius 1 is 0.462 bits per heavy atom. The molecule has 0 aromatic rings. The van der Waals surface area contributed by atoms with E-state index in [0.29, 0.717) is 0 Å². The van der Waals surface area contributed by atoms with Gasteiger partial charge in [0.25, 0.3) is 11.7 Å². The van der Waals surface area contributed by atoms with E-state index in [2.05, 4.69) is 36.3 Å². The van der Waals surface area contributed by atoms with Gasteiger partial charge in [-0.2, -0.15) is 0 Å². The Hall–Kier alpha value is -5.10. The Kier molecular flexibility index (Phi) is 40.5. The number of aliphatic imine (C=N–C) groups is 1. The van der Waals surface area contributed by atoms with Gasteiger partial charge in [0.15, 0.2) is 49.9 Å². The molecule has 0 aromatic heterocycles. The molecule has 45 atom stereocenters. The molecule has 0 spiro atoms. The summed E-state index contributed by atoms with van der Waals surface area (Å²) in [6.45, 7) is -5.31. The van der Waals surface area contributed by atoms with E-state index in [1.54, 1.807) is 0 Å². The predicted octanol–water partition coefficient (Wildman–Crippen LogP) is -18.1. The number of rotatable bonds is 43. The van der Waals surface area contributed by atoms with Crippen LogP contribution in [0.5, 0.6) is 0 Å². The first-order chi connectivity index (χ1) is 61.9. The zero-order chi connectivity index (χ0) is 95.0. The molecule has 0 aliphatic carbocycles. The molecule has 28 N–H and O–H groups in total. The molecule has 9 saturated heterocycles. The van der Waals surface area contributed by atoms with E-state index >= 15 is 0 Å². The number of fused-ring (bicyclic) bond motifs is 1. The molecular weight excluding hydrogens is 1770 g/mol. The molecule has 0 bridgehead atoms. The monoisotopic (exact) mass is 1890 g/mol. The largest absolute Gasteiger partial charge is 0.450 e. The van der Waals surface area contributed by atoms with Gasteiger partial charge in [0.05, 0.1) is 117 Å². The number of carbonyl (C=O) groups is 4. The highest BCUT2D eigenvalue weighted by atomic mass is 16.8. The standard InChI is InChI=1S/C73H122N8O49/c1-24(89)77-40-29(93)14-73(130-61(40)45(96)30(94)15-82,72(109)75-5-7-110-9-11-112-12-10-111-8-6-76-81-74)114-23-38-48(99)53(104)56(107)68(123-38)125-59-36(21-88)121-67(42(51(59)102)79-26(3)91)129-64-55(106)47(98)33(18-85)118-71(64)127-62-49(100)37(122-69(57(62)108)126-60-35(20-87)119-65-43(52(60)103)80-27(4)115-65)22-113-70-63(54(105)46(97)32(17-84)117-70)128-66-41(78-25(2)90)50(101)58(34(19-86)120-66)124-39-13-28(92)44(95)31(16-83)116-39/h28-71,82-88,92-108H,5-23H2,1-4H3,(H,75,109)(H,77,89)(H,78,90)(H,79,91)/t28-,29-,30-,31?,32?,33+,34?,35?,36?,37?,38?,39+,40-,41?,42?,43+,44-,45-,46-,47-,48+,49-,50-,51-,52?,53+,54+,55?,56?,57?,58-,59-,60-,61?,62+,63?,64?,65-,66+,67+,68+,69+,70+,71-,73-/m1/s1. The smallest absolute Gasteiger partial charge is 0.280 e. The van der Waals surface area contributed by atoms with Crippen LogP contribution in [0.3, 0.4) is 0 Å². The number of carbonyl (C=O) groups excluding carboxylic acids is 4. The third-order valence-corrected chi connectivity index (χ3v) is 23.1. The molecule has 57 heteroatoms. The molecule has 130 heavy (non-hydrogen) atoms. The van der Waals surface area contributed by atoms with Crippen molar-refractivity contribution >= 4 is 29.5 Å². The average molecular weight is 1900 g/mol. The maximum absolute atomic E-state index is 14.5. The first kappa shape index (κ1) is 107. The summed E-state index contributed by atoms with van der Waals surface area (Å²) in [7, 11) is 0. The summed E-state index contributed by atoms with van der Waals surface area (Å²) in [5.74, 6) is -6.76. The van der Waals surface area contributed by atoms with Crippen LogP contribution in [0.25, 0.3) is 10.4 Å². The Bertz CT molecular complexity index is 3590. The first-order valence-electron chi connectivity index (χ1n) is 41.9. The van der Waals surface area contributed by atoms with Crippen molar-refractivity contribution in [3.63, 3.8) is 0 Å². The Morgan fingerprint density at radius 2 is 0.915 bits per heavy atom. The molecule has 0 aromatic carbocycles. The summed E-state index contributed by atoms with van der Waals surface area (Å²) in [6, 6.07) is -6.75. The summed E-state index contributed by atoms with van der Waals surface area (Å²) in [5.41, 5.74) is 8.42. The highest BCUT2D eigenvalue weighted by Gasteiger charge is 2.62. The Morgan fingerprint density at radius 3 is 1.46 bits per heavy atom. The van der Waals surface area contributed by atoms with E-state index < -0.39 is 372 Å². The van der Waals surface area contributed by atoms with Crippen LogP contribution in [0.1, 0.15) is 40.5 Å². The summed E-state index contributed by atoms with van der Waals surface area (Å²) in [5, 5.41) is 284. The van der Waals surface area contributed by atoms with Crippen LogP contribution in [-0.2, 0) is 119 Å². The maximum atomic E-state index is 14.5. The van der Waals surface area contributed by atoms with Gasteiger partial charge in [-0.1, -0.05) is 5.11 Å². The number of azide groups is 1. The van der Waals surface area contributed by atoms with Crippen molar-refractivity contribution in [2.75, 3.05) is 112 Å². The number of hydrogen-bond donors (Lipinski definition) is 28. The summed E-state index contributed by atoms with van der Waals surface area (Å²) < 4.78 is 125. The van der Waals surface area contributed by atoms with Gasteiger partial charge in [-0.3, -0.25) is 19.2 Å². The SMILES string of the molecule is CC(=O)NC1[C@H](OC2[C@@H](OCC3O[C@@H](O[C@@H]4C(CO)O[C@H]5OC(C)=N[C@H]5C4O)C(O)[C@@H](O[C@H]4O[C@@H](CO)[C@@H](O)C(O)C4O[C@@H]4OC(CO)[C@@H](O[C@@H]5OC(CO[C@]6(C(=O)NCCOCCOCCOCCN=[N+]=[N-])C[C@@H](O)[C@@H](NC(C)=O)C([C@H](O)[C@H](O)CO)O6)[C@H](O)[C@H](O)C5O)[C@H](O)C4NC(C)=O)[C@@H]3O)OC(CO)[C@@H](O)[C@@H]2O)OC(CO)[C@@H](O[C@H]2C[C@@H](O)[C@@H](O)C(CO)O2)[C@@H]1O. The molecule has 10 aliphatic heterocycles. The number of aliphatic hydroxyl groups is 24. The number of hydrogen-bond acceptors (Lipinski definition) is 51. The van der Waals surface area contributed by atoms with Gasteiger partial charge < -0.3 is 243 Å². The lowest BCUT2D eigenvalue weighted by Gasteiger charge is -2.51. The van der Waals surface area contributed by atoms with Gasteiger partial charge in [0, 0.05) is 58.5 Å². The maximum Gasteiger partial charge on any atom is 0.280 e. The van der Waals surface area contributed by atoms with E-state index in [-0.39, 0.29) is 58.6 Å². The number of amides is 4. The van der Waals surface area contributed by atoms with Crippen LogP contribution < -0.4 is 21.3 Å². The average Bonchev–Trinajstić information content (AvgIpc) is 1.31. The second kappa shape index (κ2) is 49.3. The lowest BCUT2D eigenvalue weighted by Crippen LogP contribution is -2.70. The lowest BCUT2D eigenvalue weighted by molar-refractivity contribution is -0.397. The minimum absolute atomic E-state index is 0.0228. The van der Waals surface area contributed by atoms with Crippen molar-refractivity contribution in [1.29, 1.82) is 0 Å². The fourth-order valence-corrected chi connectivity index (χ4v) is 16.3. The van der Waals surface area contributed by atoms with Crippen LogP contribution in [0.15, 0.2) is 10.1 Å². The molecule has 748 valence electrons. The van der Waals surface area contributed by atoms with Gasteiger partial charge in [-0.05, 0) is 5.53 Å². The molecule has 10 aliphatic rings. The fourth-order valence-electron chi connectivity index (χ4n) is 16.3. The second-order valence-electron chi connectivity index (χ2n) is 32.3. The fraction of sp³-hybridized carbons (Fsp3) is 0.932. The zero-order valence-corrected chi connectivity index (χ0v) is 70.6. The van der Waals surface area contributed by atoms with Gasteiger partial charge in [-0.15, -0.1) is 0 Å². The van der Waals surface area contributed by atoms with E-state index in [1.807, 2.05) is 0 Å². The van der Waals surface area contributed by atoms with Crippen LogP contribution in [0.2, 0.25) is 0 Å². The quantitative estimate of drug-likeness (QED) is 0.0117. The van der Waals surface area contributed by atoms with Gasteiger partial charge in [0.1, 0.15) is 201 Å². The lowest BCUT2D eigenvalue weighted by atomic mass is 9.88. The van der Waals surface area contributed by atoms with Crippen molar-refractivity contribution in [2.24, 2.45) is 10.1 Å². The summed E-state index contributed by atoms with van der Waals surface area (Å²) in [6.07, 6.45) is -82.4. The molecule has 57 nitrogen and oxygen atoms in total. The summed E-state index contributed by atoms with van der Waals surface area (Å²) >= 11 is 0. The highest BCUT2D eigenvalue weighted by molar-refractivity contribution is 5.84. The van der Waals surface area contributed by atoms with Crippen molar-refractivity contribution in [1.82, 2.24) is 21.3 Å². The predicted molar refractivity (Wildman–Crippen MR) is 409 cm³/mol. The van der Waals surface area contributed by atoms with Crippen molar-refractivity contribution in [2.45, 2.75) is 316 Å². The Labute approximate surface area is 738 Å². The van der Waals surface area contributed by atoms with Crippen molar-refractivity contribution < 1.29 is 241 Å². The van der Waals surface area contributed by atoms with Crippen molar-refractivity contribution in [3.8, 4) is 0 Å². The molecule has 0 saturated carbocycles. The van der Waals surface area contributed by atoms with E-state index in [4.69, 9.17) is 105 Å². The van der Waals surface area contributed by atoms with Gasteiger partial charge >= 0.3 is 0 Å². The molecule has 10 heterocycles. The molecule has 16 unspecified atom stereocenters. The topological polar surface area (TPSA) is 857 Å². The number of ether oxygens (including phenoxy) is 21. The van der Waals surface area contributed by atoms with E-state index in [1.165, 1.54) is 6.92 Å². The number of nitrogens with zero attached hydrogens (tertiary/aromatic N) is 4. The first-order valence-corrected chi connectivity index (χ1v) is 41.9. The molecule has 4 amide bonds. The molecule has 9 fully saturated rings. The highest BCUT2D eigenvalue weighted by Crippen LogP contribution is 2.42. The minimum atomic E-state index is -2.86. The second-order valence-corrected chi connectivity index (χ2v) is 32.3. The normalized spacial score (nSPS) is 44.0. The Balaban J connectivity index is 0.892. The third-order valence-electron chi connectivity index (χ3n) is 23.1. The summed E-state index contributed by atoms with van der Waals surface area (Å²) in [4.78, 5) is 60.0. The third kappa shape index (κ3) is 25.6. The number of nitrogens with one attached hydrogen (secondary N) is 4. The van der Waals surface area contributed by atoms with Crippen LogP contribution in [0, 0.1) is 0 Å². The minimum Gasteiger partial charge on any atom is -0.450 e. The van der Waals surface area contributed by atoms with E-state index in [0.717, 1.165) is 20.8 Å². The van der Waals surface area contributed by atoms with Crippen molar-refractivity contribution in [3.05, 3.63) is 10.4 Å². The number of aliphatic hydroxyl groups excluding tert-OH is 24. The van der Waals surface area contributed by atoms with Gasteiger partial charge in [-0.25, -0.2) is 4.99 Å². The molecular formula is C73H122N8O49. The molecule has 10 rings (SSSR count). The van der Waals surface area contributed by atoms with Gasteiger partial charge in [0.2, 0.25) is 24.0 Å². The van der Waals surface area contributed by atoms with E-state index in [9.17, 15) is 142 Å².